The molecule has 0 saturated carbocycles. The number of aromatic nitrogens is 1. The van der Waals surface area contributed by atoms with Crippen molar-refractivity contribution in [3.05, 3.63) is 23.9 Å². The van der Waals surface area contributed by atoms with Gasteiger partial charge in [-0.15, -0.1) is 0 Å². The van der Waals surface area contributed by atoms with Crippen LogP contribution in [-0.2, 0) is 0 Å². The topological polar surface area (TPSA) is 54.5 Å². The Morgan fingerprint density at radius 2 is 2.45 bits per heavy atom. The van der Waals surface area contributed by atoms with Crippen LogP contribution in [0.5, 0.6) is 5.88 Å². The second kappa shape index (κ2) is 7.24. The zero-order valence-electron chi connectivity index (χ0n) is 12.3. The number of piperidine rings is 1. The molecule has 110 valence electrons. The highest BCUT2D eigenvalue weighted by molar-refractivity contribution is 5.96. The molecular weight excluding hydrogens is 254 g/mol. The van der Waals surface area contributed by atoms with Crippen LogP contribution in [0, 0.1) is 0 Å². The van der Waals surface area contributed by atoms with Crippen LogP contribution in [0.3, 0.4) is 0 Å². The molecule has 0 bridgehead atoms. The molecule has 2 rings (SSSR count). The lowest BCUT2D eigenvalue weighted by molar-refractivity contribution is 0.0644. The summed E-state index contributed by atoms with van der Waals surface area (Å²) in [6.07, 6.45) is 4.76. The van der Waals surface area contributed by atoms with E-state index in [2.05, 4.69) is 17.2 Å². The van der Waals surface area contributed by atoms with E-state index in [1.54, 1.807) is 25.4 Å². The molecule has 1 aliphatic rings. The second-order valence-corrected chi connectivity index (χ2v) is 5.06. The summed E-state index contributed by atoms with van der Waals surface area (Å²) in [5.74, 6) is 0.424. The molecule has 1 aliphatic heterocycles. The number of amides is 1. The molecular formula is C15H23N3O2. The van der Waals surface area contributed by atoms with Crippen molar-refractivity contribution in [1.29, 1.82) is 0 Å². The number of nitrogens with zero attached hydrogens (tertiary/aromatic N) is 2. The van der Waals surface area contributed by atoms with E-state index in [1.165, 1.54) is 0 Å². The van der Waals surface area contributed by atoms with Gasteiger partial charge in [-0.3, -0.25) is 4.79 Å². The smallest absolute Gasteiger partial charge is 0.259 e. The molecule has 1 saturated heterocycles. The molecule has 1 fully saturated rings. The van der Waals surface area contributed by atoms with Gasteiger partial charge in [0.25, 0.3) is 5.91 Å². The van der Waals surface area contributed by atoms with Crippen LogP contribution in [0.2, 0.25) is 0 Å². The van der Waals surface area contributed by atoms with Gasteiger partial charge in [0, 0.05) is 25.3 Å². The van der Waals surface area contributed by atoms with Gasteiger partial charge < -0.3 is 15.0 Å². The lowest BCUT2D eigenvalue weighted by Gasteiger charge is -2.34. The normalized spacial score (nSPS) is 18.6. The number of hydrogen-bond donors (Lipinski definition) is 1. The van der Waals surface area contributed by atoms with Gasteiger partial charge in [0.2, 0.25) is 5.88 Å². The third-order valence-corrected chi connectivity index (χ3v) is 3.63. The Morgan fingerprint density at radius 1 is 1.60 bits per heavy atom. The summed E-state index contributed by atoms with van der Waals surface area (Å²) in [6, 6.07) is 3.83. The molecule has 1 N–H and O–H groups in total. The third-order valence-electron chi connectivity index (χ3n) is 3.63. The van der Waals surface area contributed by atoms with E-state index in [-0.39, 0.29) is 11.9 Å². The van der Waals surface area contributed by atoms with Crippen LogP contribution < -0.4 is 10.1 Å². The van der Waals surface area contributed by atoms with Crippen molar-refractivity contribution in [2.24, 2.45) is 0 Å². The summed E-state index contributed by atoms with van der Waals surface area (Å²) in [4.78, 5) is 18.9. The Labute approximate surface area is 120 Å². The molecule has 1 atom stereocenters. The van der Waals surface area contributed by atoms with Crippen molar-refractivity contribution >= 4 is 5.91 Å². The summed E-state index contributed by atoms with van der Waals surface area (Å²) >= 11 is 0. The average Bonchev–Trinajstić information content (AvgIpc) is 2.52. The molecule has 0 radical (unpaired) electrons. The highest BCUT2D eigenvalue weighted by atomic mass is 16.5. The van der Waals surface area contributed by atoms with Crippen molar-refractivity contribution in [3.63, 3.8) is 0 Å². The SMILES string of the molecule is CCCN(C(=O)c1cccnc1OC)C1CCCNC1. The van der Waals surface area contributed by atoms with Crippen LogP contribution in [0.15, 0.2) is 18.3 Å². The van der Waals surface area contributed by atoms with E-state index in [0.29, 0.717) is 11.4 Å². The van der Waals surface area contributed by atoms with Gasteiger partial charge in [-0.05, 0) is 37.9 Å². The number of pyridine rings is 1. The lowest BCUT2D eigenvalue weighted by atomic mass is 10.0. The van der Waals surface area contributed by atoms with E-state index in [9.17, 15) is 4.79 Å². The molecule has 2 heterocycles. The van der Waals surface area contributed by atoms with Gasteiger partial charge in [-0.1, -0.05) is 6.92 Å². The maximum absolute atomic E-state index is 12.8. The Hall–Kier alpha value is -1.62. The Balaban J connectivity index is 2.21. The largest absolute Gasteiger partial charge is 0.480 e. The van der Waals surface area contributed by atoms with Gasteiger partial charge in [0.05, 0.1) is 7.11 Å². The van der Waals surface area contributed by atoms with Crippen molar-refractivity contribution in [3.8, 4) is 5.88 Å². The maximum Gasteiger partial charge on any atom is 0.259 e. The zero-order valence-corrected chi connectivity index (χ0v) is 12.3. The highest BCUT2D eigenvalue weighted by Gasteiger charge is 2.27. The molecule has 5 heteroatoms. The fourth-order valence-corrected chi connectivity index (χ4v) is 2.66. The fraction of sp³-hybridized carbons (Fsp3) is 0.600. The van der Waals surface area contributed by atoms with Crippen LogP contribution in [0.1, 0.15) is 36.5 Å². The minimum Gasteiger partial charge on any atom is -0.480 e. The molecule has 5 nitrogen and oxygen atoms in total. The minimum absolute atomic E-state index is 0.0190. The van der Waals surface area contributed by atoms with Crippen LogP contribution in [0.4, 0.5) is 0 Å². The van der Waals surface area contributed by atoms with Crippen molar-refractivity contribution in [2.75, 3.05) is 26.7 Å². The van der Waals surface area contributed by atoms with Crippen LogP contribution in [0.25, 0.3) is 0 Å². The van der Waals surface area contributed by atoms with E-state index in [4.69, 9.17) is 4.74 Å². The molecule has 0 aromatic carbocycles. The third kappa shape index (κ3) is 3.28. The zero-order chi connectivity index (χ0) is 14.4. The van der Waals surface area contributed by atoms with Crippen LogP contribution >= 0.6 is 0 Å². The molecule has 1 amide bonds. The minimum atomic E-state index is 0.0190. The summed E-state index contributed by atoms with van der Waals surface area (Å²) in [5, 5.41) is 3.37. The monoisotopic (exact) mass is 277 g/mol. The first-order valence-electron chi connectivity index (χ1n) is 7.28. The molecule has 1 unspecified atom stereocenters. The number of rotatable bonds is 5. The number of carbonyl (C=O) groups is 1. The Kier molecular flexibility index (Phi) is 5.35. The Bertz CT molecular complexity index is 444. The van der Waals surface area contributed by atoms with Crippen LogP contribution in [-0.4, -0.2) is 48.6 Å². The number of nitrogens with one attached hydrogen (secondary N) is 1. The molecule has 1 aromatic rings. The van der Waals surface area contributed by atoms with Gasteiger partial charge in [0.15, 0.2) is 0 Å². The Morgan fingerprint density at radius 3 is 3.10 bits per heavy atom. The quantitative estimate of drug-likeness (QED) is 0.890. The number of hydrogen-bond acceptors (Lipinski definition) is 4. The summed E-state index contributed by atoms with van der Waals surface area (Å²) in [6.45, 7) is 4.77. The number of methoxy groups -OCH3 is 1. The second-order valence-electron chi connectivity index (χ2n) is 5.06. The van der Waals surface area contributed by atoms with Gasteiger partial charge in [-0.2, -0.15) is 0 Å². The molecule has 0 spiro atoms. The summed E-state index contributed by atoms with van der Waals surface area (Å²) in [7, 11) is 1.55. The van der Waals surface area contributed by atoms with Crippen molar-refractivity contribution in [1.82, 2.24) is 15.2 Å². The number of carbonyl (C=O) groups excluding carboxylic acids is 1. The molecule has 20 heavy (non-hydrogen) atoms. The van der Waals surface area contributed by atoms with Gasteiger partial charge >= 0.3 is 0 Å². The molecule has 1 aromatic heterocycles. The predicted molar refractivity (Wildman–Crippen MR) is 78.0 cm³/mol. The lowest BCUT2D eigenvalue weighted by Crippen LogP contribution is -2.49. The summed E-state index contributed by atoms with van der Waals surface area (Å²) < 4.78 is 5.21. The van der Waals surface area contributed by atoms with E-state index in [0.717, 1.165) is 38.9 Å². The molecule has 0 aliphatic carbocycles. The maximum atomic E-state index is 12.8. The van der Waals surface area contributed by atoms with Gasteiger partial charge in [0.1, 0.15) is 5.56 Å². The van der Waals surface area contributed by atoms with Crippen molar-refractivity contribution in [2.45, 2.75) is 32.2 Å². The van der Waals surface area contributed by atoms with Gasteiger partial charge in [-0.25, -0.2) is 4.98 Å². The predicted octanol–water partition coefficient (Wildman–Crippen LogP) is 1.69. The first-order valence-corrected chi connectivity index (χ1v) is 7.28. The average molecular weight is 277 g/mol. The first-order chi connectivity index (χ1) is 9.77. The van der Waals surface area contributed by atoms with Crippen molar-refractivity contribution < 1.29 is 9.53 Å². The van der Waals surface area contributed by atoms with E-state index >= 15 is 0 Å². The standard InChI is InChI=1S/C15H23N3O2/c1-3-10-18(12-6-4-8-16-11-12)15(19)13-7-5-9-17-14(13)20-2/h5,7,9,12,16H,3-4,6,8,10-11H2,1-2H3. The highest BCUT2D eigenvalue weighted by Crippen LogP contribution is 2.20. The fourth-order valence-electron chi connectivity index (χ4n) is 2.66. The van der Waals surface area contributed by atoms with E-state index in [1.807, 2.05) is 4.90 Å². The van der Waals surface area contributed by atoms with E-state index < -0.39 is 0 Å². The summed E-state index contributed by atoms with van der Waals surface area (Å²) in [5.41, 5.74) is 0.550. The number of ether oxygens (including phenoxy) is 1. The first kappa shape index (κ1) is 14.8.